The van der Waals surface area contributed by atoms with Crippen molar-refractivity contribution in [3.05, 3.63) is 29.8 Å². The maximum atomic E-state index is 13.0. The summed E-state index contributed by atoms with van der Waals surface area (Å²) in [5, 5.41) is 0. The fourth-order valence-corrected chi connectivity index (χ4v) is 6.26. The standard InChI is InChI=1S/C21H31NO4S/c1-17-4-2-3-5-20(17)27(23,24)22-12-10-21(11-13-22)19(9-15-26-21)8-14-25-16-18-6-7-18/h2-5,18-19H,6-16H2,1H3/t19-/m1/s1. The van der Waals surface area contributed by atoms with Crippen LogP contribution < -0.4 is 0 Å². The molecule has 2 saturated heterocycles. The summed E-state index contributed by atoms with van der Waals surface area (Å²) in [7, 11) is -3.43. The Labute approximate surface area is 163 Å². The fraction of sp³-hybridized carbons (Fsp3) is 0.714. The number of ether oxygens (including phenoxy) is 2. The zero-order valence-corrected chi connectivity index (χ0v) is 17.0. The molecule has 1 aliphatic carbocycles. The molecule has 2 heterocycles. The van der Waals surface area contributed by atoms with E-state index < -0.39 is 10.0 Å². The summed E-state index contributed by atoms with van der Waals surface area (Å²) in [6.07, 6.45) is 6.30. The molecule has 1 aromatic carbocycles. The van der Waals surface area contributed by atoms with Crippen LogP contribution in [0.25, 0.3) is 0 Å². The van der Waals surface area contributed by atoms with E-state index in [1.165, 1.54) is 12.8 Å². The topological polar surface area (TPSA) is 55.8 Å². The number of hydrogen-bond acceptors (Lipinski definition) is 4. The van der Waals surface area contributed by atoms with E-state index in [2.05, 4.69) is 0 Å². The maximum Gasteiger partial charge on any atom is 0.243 e. The van der Waals surface area contributed by atoms with Crippen LogP contribution in [0.15, 0.2) is 29.2 Å². The Hall–Kier alpha value is -0.950. The lowest BCUT2D eigenvalue weighted by Crippen LogP contribution is -2.49. The predicted octanol–water partition coefficient (Wildman–Crippen LogP) is 3.37. The van der Waals surface area contributed by atoms with Gasteiger partial charge in [0.25, 0.3) is 0 Å². The first-order valence-corrected chi connectivity index (χ1v) is 11.7. The molecule has 1 aromatic rings. The van der Waals surface area contributed by atoms with Crippen molar-refractivity contribution in [2.45, 2.75) is 55.9 Å². The van der Waals surface area contributed by atoms with Gasteiger partial charge in [-0.3, -0.25) is 0 Å². The molecule has 0 aromatic heterocycles. The summed E-state index contributed by atoms with van der Waals surface area (Å²) >= 11 is 0. The molecule has 0 bridgehead atoms. The Morgan fingerprint density at radius 3 is 2.63 bits per heavy atom. The van der Waals surface area contributed by atoms with E-state index in [-0.39, 0.29) is 5.60 Å². The van der Waals surface area contributed by atoms with Gasteiger partial charge in [0.1, 0.15) is 0 Å². The van der Waals surface area contributed by atoms with Crippen LogP contribution in [0.1, 0.15) is 44.1 Å². The minimum absolute atomic E-state index is 0.152. The molecule has 1 spiro atoms. The molecule has 4 rings (SSSR count). The predicted molar refractivity (Wildman–Crippen MR) is 104 cm³/mol. The van der Waals surface area contributed by atoms with Gasteiger partial charge in [-0.1, -0.05) is 18.2 Å². The van der Waals surface area contributed by atoms with Crippen LogP contribution in [0.5, 0.6) is 0 Å². The third-order valence-electron chi connectivity index (χ3n) is 6.54. The molecule has 1 saturated carbocycles. The smallest absolute Gasteiger partial charge is 0.243 e. The molecule has 3 fully saturated rings. The summed E-state index contributed by atoms with van der Waals surface area (Å²) in [6, 6.07) is 7.24. The number of hydrogen-bond donors (Lipinski definition) is 0. The van der Waals surface area contributed by atoms with Crippen molar-refractivity contribution in [1.82, 2.24) is 4.31 Å². The lowest BCUT2D eigenvalue weighted by molar-refractivity contribution is -0.0615. The van der Waals surface area contributed by atoms with Gasteiger partial charge in [0.2, 0.25) is 10.0 Å². The van der Waals surface area contributed by atoms with Crippen molar-refractivity contribution >= 4 is 10.0 Å². The average molecular weight is 394 g/mol. The molecule has 3 aliphatic rings. The summed E-state index contributed by atoms with van der Waals surface area (Å²) in [5.41, 5.74) is 0.654. The minimum Gasteiger partial charge on any atom is -0.381 e. The van der Waals surface area contributed by atoms with Gasteiger partial charge in [-0.15, -0.1) is 0 Å². The van der Waals surface area contributed by atoms with Crippen molar-refractivity contribution in [2.75, 3.05) is 32.9 Å². The lowest BCUT2D eigenvalue weighted by Gasteiger charge is -2.41. The Balaban J connectivity index is 1.36. The second-order valence-electron chi connectivity index (χ2n) is 8.38. The maximum absolute atomic E-state index is 13.0. The first kappa shape index (κ1) is 19.4. The highest BCUT2D eigenvalue weighted by Crippen LogP contribution is 2.43. The number of nitrogens with zero attached hydrogens (tertiary/aromatic N) is 1. The monoisotopic (exact) mass is 393 g/mol. The largest absolute Gasteiger partial charge is 0.381 e. The van der Waals surface area contributed by atoms with E-state index >= 15 is 0 Å². The van der Waals surface area contributed by atoms with Crippen LogP contribution in [0.2, 0.25) is 0 Å². The molecule has 0 unspecified atom stereocenters. The first-order chi connectivity index (χ1) is 13.0. The van der Waals surface area contributed by atoms with Crippen molar-refractivity contribution in [1.29, 1.82) is 0 Å². The molecule has 0 amide bonds. The minimum atomic E-state index is -3.43. The summed E-state index contributed by atoms with van der Waals surface area (Å²) in [5.74, 6) is 1.29. The molecule has 27 heavy (non-hydrogen) atoms. The Kier molecular flexibility index (Phi) is 5.61. The Morgan fingerprint density at radius 1 is 1.19 bits per heavy atom. The molecule has 0 radical (unpaired) electrons. The van der Waals surface area contributed by atoms with E-state index in [0.29, 0.717) is 23.9 Å². The van der Waals surface area contributed by atoms with Gasteiger partial charge < -0.3 is 9.47 Å². The third-order valence-corrected chi connectivity index (χ3v) is 8.60. The van der Waals surface area contributed by atoms with Gasteiger partial charge >= 0.3 is 0 Å². The second-order valence-corrected chi connectivity index (χ2v) is 10.3. The van der Waals surface area contributed by atoms with Crippen LogP contribution >= 0.6 is 0 Å². The number of sulfonamides is 1. The quantitative estimate of drug-likeness (QED) is 0.667. The molecule has 1 atom stereocenters. The highest BCUT2D eigenvalue weighted by molar-refractivity contribution is 7.89. The number of aryl methyl sites for hydroxylation is 1. The number of benzene rings is 1. The van der Waals surface area contributed by atoms with Crippen molar-refractivity contribution in [3.63, 3.8) is 0 Å². The van der Waals surface area contributed by atoms with E-state index in [4.69, 9.17) is 9.47 Å². The second kappa shape index (κ2) is 7.82. The van der Waals surface area contributed by atoms with Crippen LogP contribution in [0.3, 0.4) is 0 Å². The summed E-state index contributed by atoms with van der Waals surface area (Å²) in [6.45, 7) is 5.43. The molecular formula is C21H31NO4S. The number of piperidine rings is 1. The van der Waals surface area contributed by atoms with E-state index in [9.17, 15) is 8.42 Å². The zero-order chi connectivity index (χ0) is 18.9. The van der Waals surface area contributed by atoms with Crippen LogP contribution in [-0.4, -0.2) is 51.2 Å². The van der Waals surface area contributed by atoms with Gasteiger partial charge in [-0.05, 0) is 68.9 Å². The Morgan fingerprint density at radius 2 is 1.93 bits per heavy atom. The van der Waals surface area contributed by atoms with E-state index in [1.54, 1.807) is 16.4 Å². The molecule has 150 valence electrons. The van der Waals surface area contributed by atoms with Crippen molar-refractivity contribution in [3.8, 4) is 0 Å². The zero-order valence-electron chi connectivity index (χ0n) is 16.2. The van der Waals surface area contributed by atoms with Crippen LogP contribution in [-0.2, 0) is 19.5 Å². The van der Waals surface area contributed by atoms with Crippen LogP contribution in [0.4, 0.5) is 0 Å². The number of rotatable bonds is 7. The van der Waals surface area contributed by atoms with Crippen molar-refractivity contribution < 1.29 is 17.9 Å². The van der Waals surface area contributed by atoms with Crippen molar-refractivity contribution in [2.24, 2.45) is 11.8 Å². The fourth-order valence-electron chi connectivity index (χ4n) is 4.60. The summed E-state index contributed by atoms with van der Waals surface area (Å²) in [4.78, 5) is 0.429. The van der Waals surface area contributed by atoms with Gasteiger partial charge in [0.05, 0.1) is 10.5 Å². The molecular weight excluding hydrogens is 362 g/mol. The summed E-state index contributed by atoms with van der Waals surface area (Å²) < 4.78 is 39.8. The third kappa shape index (κ3) is 4.09. The first-order valence-electron chi connectivity index (χ1n) is 10.3. The van der Waals surface area contributed by atoms with Crippen LogP contribution in [0, 0.1) is 18.8 Å². The molecule has 5 nitrogen and oxygen atoms in total. The average Bonchev–Trinajstić information content (AvgIpc) is 3.41. The SMILES string of the molecule is Cc1ccccc1S(=O)(=O)N1CCC2(CC1)OCC[C@H]2CCOCC1CC1. The molecule has 0 N–H and O–H groups in total. The van der Waals surface area contributed by atoms with Gasteiger partial charge in [0.15, 0.2) is 0 Å². The lowest BCUT2D eigenvalue weighted by atomic mass is 9.78. The molecule has 6 heteroatoms. The molecule has 2 aliphatic heterocycles. The highest BCUT2D eigenvalue weighted by atomic mass is 32.2. The Bertz CT molecular complexity index is 751. The van der Waals surface area contributed by atoms with E-state index in [1.807, 2.05) is 19.1 Å². The van der Waals surface area contributed by atoms with Gasteiger partial charge in [-0.2, -0.15) is 4.31 Å². The van der Waals surface area contributed by atoms with E-state index in [0.717, 1.165) is 57.0 Å². The van der Waals surface area contributed by atoms with Gasteiger partial charge in [-0.25, -0.2) is 8.42 Å². The highest BCUT2D eigenvalue weighted by Gasteiger charge is 2.47. The van der Waals surface area contributed by atoms with Gasteiger partial charge in [0, 0.05) is 32.9 Å². The normalized spacial score (nSPS) is 25.9.